The molecule has 1 aromatic carbocycles. The number of rotatable bonds is 1. The maximum absolute atomic E-state index is 12.9. The number of hydrogen-bond donors (Lipinski definition) is 1. The van der Waals surface area contributed by atoms with Crippen LogP contribution in [-0.2, 0) is 11.6 Å². The van der Waals surface area contributed by atoms with Gasteiger partial charge in [-0.3, -0.25) is 0 Å². The summed E-state index contributed by atoms with van der Waals surface area (Å²) in [6, 6.07) is 4.29. The van der Waals surface area contributed by atoms with Gasteiger partial charge in [-0.1, -0.05) is 12.1 Å². The van der Waals surface area contributed by atoms with Gasteiger partial charge in [0.1, 0.15) is 5.75 Å². The van der Waals surface area contributed by atoms with E-state index in [-0.39, 0.29) is 11.2 Å². The van der Waals surface area contributed by atoms with Crippen LogP contribution < -0.4 is 10.5 Å². The third-order valence-electron chi connectivity index (χ3n) is 4.17. The summed E-state index contributed by atoms with van der Waals surface area (Å²) >= 11 is 0. The molecule has 1 aliphatic heterocycles. The zero-order chi connectivity index (χ0) is 13.0. The maximum Gasteiger partial charge on any atom is 0.419 e. The molecule has 2 nitrogen and oxygen atoms in total. The Morgan fingerprint density at radius 1 is 1.39 bits per heavy atom. The Kier molecular flexibility index (Phi) is 2.39. The summed E-state index contributed by atoms with van der Waals surface area (Å²) < 4.78 is 44.1. The minimum absolute atomic E-state index is 0.0206. The van der Waals surface area contributed by atoms with E-state index in [0.29, 0.717) is 24.6 Å². The Morgan fingerprint density at radius 3 is 2.78 bits per heavy atom. The fraction of sp³-hybridized carbons (Fsp3) is 0.538. The Hall–Kier alpha value is -1.23. The lowest BCUT2D eigenvalue weighted by Gasteiger charge is -2.29. The van der Waals surface area contributed by atoms with E-state index in [1.807, 2.05) is 0 Å². The number of hydrogen-bond acceptors (Lipinski definition) is 2. The summed E-state index contributed by atoms with van der Waals surface area (Å²) in [7, 11) is 0. The first kappa shape index (κ1) is 11.8. The average molecular weight is 257 g/mol. The second kappa shape index (κ2) is 3.63. The van der Waals surface area contributed by atoms with Crippen LogP contribution in [0.1, 0.15) is 24.0 Å². The van der Waals surface area contributed by atoms with Crippen molar-refractivity contribution in [2.45, 2.75) is 24.4 Å². The highest BCUT2D eigenvalue weighted by Crippen LogP contribution is 2.61. The molecule has 1 aromatic rings. The van der Waals surface area contributed by atoms with Crippen molar-refractivity contribution in [3.63, 3.8) is 0 Å². The van der Waals surface area contributed by atoms with Crippen molar-refractivity contribution in [1.82, 2.24) is 0 Å². The second-order valence-electron chi connectivity index (χ2n) is 5.07. The second-order valence-corrected chi connectivity index (χ2v) is 5.07. The molecule has 2 N–H and O–H groups in total. The summed E-state index contributed by atoms with van der Waals surface area (Å²) in [5.74, 6) is 0.316. The number of ether oxygens (including phenoxy) is 1. The van der Waals surface area contributed by atoms with Crippen molar-refractivity contribution in [3.8, 4) is 5.75 Å². The van der Waals surface area contributed by atoms with Gasteiger partial charge >= 0.3 is 6.18 Å². The Bertz CT molecular complexity index is 486. The SMILES string of the molecule is NCC1CC12CCOc1c(C(F)(F)F)cccc12. The fourth-order valence-electron chi connectivity index (χ4n) is 3.10. The number of halogens is 3. The average Bonchev–Trinajstić information content (AvgIpc) is 3.02. The summed E-state index contributed by atoms with van der Waals surface area (Å²) in [6.07, 6.45) is -2.72. The maximum atomic E-state index is 12.9. The van der Waals surface area contributed by atoms with Gasteiger partial charge in [0.05, 0.1) is 12.2 Å². The van der Waals surface area contributed by atoms with E-state index in [0.717, 1.165) is 18.9 Å². The lowest BCUT2D eigenvalue weighted by atomic mass is 9.86. The highest BCUT2D eigenvalue weighted by Gasteiger charge is 2.57. The topological polar surface area (TPSA) is 35.2 Å². The molecular weight excluding hydrogens is 243 g/mol. The molecule has 0 saturated heterocycles. The van der Waals surface area contributed by atoms with Gasteiger partial charge < -0.3 is 10.5 Å². The van der Waals surface area contributed by atoms with Crippen LogP contribution >= 0.6 is 0 Å². The predicted octanol–water partition coefficient (Wildman–Crippen LogP) is 2.70. The van der Waals surface area contributed by atoms with Gasteiger partial charge in [-0.15, -0.1) is 0 Å². The highest BCUT2D eigenvalue weighted by molar-refractivity contribution is 5.52. The zero-order valence-electron chi connectivity index (χ0n) is 9.76. The third kappa shape index (κ3) is 1.53. The largest absolute Gasteiger partial charge is 0.493 e. The first-order valence-corrected chi connectivity index (χ1v) is 6.02. The molecule has 2 aliphatic rings. The fourth-order valence-corrected chi connectivity index (χ4v) is 3.10. The summed E-state index contributed by atoms with van der Waals surface area (Å²) in [6.45, 7) is 0.867. The lowest BCUT2D eigenvalue weighted by Crippen LogP contribution is -2.26. The standard InChI is InChI=1S/C13H14F3NO/c14-13(15,16)10-3-1-2-9-11(10)18-5-4-12(9)6-8(12)7-17/h1-3,8H,4-7,17H2. The number of alkyl halides is 3. The van der Waals surface area contributed by atoms with Crippen LogP contribution in [0, 0.1) is 5.92 Å². The van der Waals surface area contributed by atoms with Crippen molar-refractivity contribution >= 4 is 0 Å². The van der Waals surface area contributed by atoms with E-state index in [1.165, 1.54) is 6.07 Å². The van der Waals surface area contributed by atoms with Gasteiger partial charge in [0.15, 0.2) is 0 Å². The molecule has 1 saturated carbocycles. The first-order chi connectivity index (χ1) is 8.49. The van der Waals surface area contributed by atoms with Crippen LogP contribution in [0.15, 0.2) is 18.2 Å². The minimum atomic E-state index is -4.36. The molecule has 1 aliphatic carbocycles. The summed E-state index contributed by atoms with van der Waals surface area (Å²) in [4.78, 5) is 0. The van der Waals surface area contributed by atoms with Gasteiger partial charge in [-0.05, 0) is 31.4 Å². The van der Waals surface area contributed by atoms with Crippen molar-refractivity contribution in [2.75, 3.05) is 13.2 Å². The van der Waals surface area contributed by atoms with Gasteiger partial charge in [-0.2, -0.15) is 13.2 Å². The number of fused-ring (bicyclic) bond motifs is 2. The van der Waals surface area contributed by atoms with Crippen molar-refractivity contribution in [1.29, 1.82) is 0 Å². The molecule has 3 rings (SSSR count). The third-order valence-corrected chi connectivity index (χ3v) is 4.17. The van der Waals surface area contributed by atoms with E-state index in [1.54, 1.807) is 6.07 Å². The van der Waals surface area contributed by atoms with Crippen LogP contribution in [0.5, 0.6) is 5.75 Å². The van der Waals surface area contributed by atoms with Gasteiger partial charge in [0.25, 0.3) is 0 Å². The Balaban J connectivity index is 2.10. The molecule has 0 aromatic heterocycles. The number of benzene rings is 1. The molecule has 0 radical (unpaired) electrons. The summed E-state index contributed by atoms with van der Waals surface area (Å²) in [5.41, 5.74) is 5.52. The molecule has 1 heterocycles. The molecule has 1 spiro atoms. The molecule has 0 amide bonds. The van der Waals surface area contributed by atoms with Gasteiger partial charge in [-0.25, -0.2) is 0 Å². The van der Waals surface area contributed by atoms with Crippen molar-refractivity contribution < 1.29 is 17.9 Å². The Morgan fingerprint density at radius 2 is 2.17 bits per heavy atom. The normalized spacial score (nSPS) is 29.9. The van der Waals surface area contributed by atoms with Gasteiger partial charge in [0, 0.05) is 11.0 Å². The van der Waals surface area contributed by atoms with Crippen molar-refractivity contribution in [2.24, 2.45) is 11.7 Å². The molecule has 2 atom stereocenters. The highest BCUT2D eigenvalue weighted by atomic mass is 19.4. The van der Waals surface area contributed by atoms with Crippen LogP contribution in [0.4, 0.5) is 13.2 Å². The molecule has 1 fully saturated rings. The number of para-hydroxylation sites is 1. The smallest absolute Gasteiger partial charge is 0.419 e. The van der Waals surface area contributed by atoms with Crippen LogP contribution in [0.2, 0.25) is 0 Å². The molecule has 18 heavy (non-hydrogen) atoms. The van der Waals surface area contributed by atoms with Crippen molar-refractivity contribution in [3.05, 3.63) is 29.3 Å². The molecule has 0 bridgehead atoms. The molecular formula is C13H14F3NO. The minimum Gasteiger partial charge on any atom is -0.493 e. The quantitative estimate of drug-likeness (QED) is 0.839. The zero-order valence-corrected chi connectivity index (χ0v) is 9.76. The lowest BCUT2D eigenvalue weighted by molar-refractivity contribution is -0.139. The monoisotopic (exact) mass is 257 g/mol. The van der Waals surface area contributed by atoms with Gasteiger partial charge in [0.2, 0.25) is 0 Å². The van der Waals surface area contributed by atoms with E-state index in [4.69, 9.17) is 10.5 Å². The van der Waals surface area contributed by atoms with E-state index >= 15 is 0 Å². The van der Waals surface area contributed by atoms with E-state index in [2.05, 4.69) is 0 Å². The van der Waals surface area contributed by atoms with E-state index in [9.17, 15) is 13.2 Å². The van der Waals surface area contributed by atoms with Crippen LogP contribution in [0.3, 0.4) is 0 Å². The molecule has 2 unspecified atom stereocenters. The Labute approximate surface area is 103 Å². The van der Waals surface area contributed by atoms with E-state index < -0.39 is 11.7 Å². The van der Waals surface area contributed by atoms with Crippen LogP contribution in [0.25, 0.3) is 0 Å². The molecule has 98 valence electrons. The summed E-state index contributed by atoms with van der Waals surface area (Å²) in [5, 5.41) is 0. The molecule has 5 heteroatoms. The van der Waals surface area contributed by atoms with Crippen LogP contribution in [-0.4, -0.2) is 13.2 Å². The number of nitrogens with two attached hydrogens (primary N) is 1. The predicted molar refractivity (Wildman–Crippen MR) is 60.4 cm³/mol. The first-order valence-electron chi connectivity index (χ1n) is 6.02.